The molecule has 1 aromatic rings. The number of carbonyl (C=O) groups is 1. The molecule has 0 spiro atoms. The zero-order valence-corrected chi connectivity index (χ0v) is 10.1. The molecule has 1 fully saturated rings. The number of aryl methyl sites for hydroxylation is 1. The molecule has 0 aliphatic carbocycles. The molecule has 92 valence electrons. The molecule has 0 radical (unpaired) electrons. The summed E-state index contributed by atoms with van der Waals surface area (Å²) in [5.41, 5.74) is 1.40. The summed E-state index contributed by atoms with van der Waals surface area (Å²) in [6.45, 7) is 3.87. The van der Waals surface area contributed by atoms with Gasteiger partial charge in [0.15, 0.2) is 5.78 Å². The molecule has 1 atom stereocenters. The van der Waals surface area contributed by atoms with Crippen LogP contribution >= 0.6 is 0 Å². The van der Waals surface area contributed by atoms with Gasteiger partial charge in [0.25, 0.3) is 0 Å². The Morgan fingerprint density at radius 2 is 2.35 bits per heavy atom. The number of carbonyl (C=O) groups excluding carboxylic acids is 1. The minimum absolute atomic E-state index is 0.134. The van der Waals surface area contributed by atoms with Gasteiger partial charge in [0.1, 0.15) is 5.82 Å². The molecule has 0 bridgehead atoms. The third-order valence-corrected chi connectivity index (χ3v) is 3.43. The highest BCUT2D eigenvalue weighted by molar-refractivity contribution is 5.97. The predicted molar refractivity (Wildman–Crippen MR) is 65.7 cm³/mol. The highest BCUT2D eigenvalue weighted by atomic mass is 19.1. The average Bonchev–Trinajstić information content (AvgIpc) is 2.78. The first-order chi connectivity index (χ1) is 8.16. The van der Waals surface area contributed by atoms with E-state index in [1.165, 1.54) is 12.1 Å². The Bertz CT molecular complexity index is 411. The number of benzene rings is 1. The van der Waals surface area contributed by atoms with Crippen molar-refractivity contribution in [1.82, 2.24) is 5.32 Å². The topological polar surface area (TPSA) is 29.1 Å². The number of hydrogen-bond acceptors (Lipinski definition) is 2. The Balaban J connectivity index is 1.94. The van der Waals surface area contributed by atoms with E-state index < -0.39 is 0 Å². The molecule has 1 saturated heterocycles. The summed E-state index contributed by atoms with van der Waals surface area (Å²) < 4.78 is 12.9. The molecule has 0 aromatic heterocycles. The van der Waals surface area contributed by atoms with E-state index >= 15 is 0 Å². The normalized spacial score (nSPS) is 19.5. The molecule has 1 aliphatic heterocycles. The quantitative estimate of drug-likeness (QED) is 0.813. The van der Waals surface area contributed by atoms with Crippen LogP contribution in [0.3, 0.4) is 0 Å². The first kappa shape index (κ1) is 12.2. The highest BCUT2D eigenvalue weighted by Crippen LogP contribution is 2.18. The van der Waals surface area contributed by atoms with Crippen molar-refractivity contribution < 1.29 is 9.18 Å². The molecular formula is C14H18FNO. The van der Waals surface area contributed by atoms with E-state index in [9.17, 15) is 9.18 Å². The van der Waals surface area contributed by atoms with Crippen molar-refractivity contribution in [1.29, 1.82) is 0 Å². The first-order valence-corrected chi connectivity index (χ1v) is 6.17. The smallest absolute Gasteiger partial charge is 0.163 e. The molecular weight excluding hydrogens is 217 g/mol. The summed E-state index contributed by atoms with van der Waals surface area (Å²) in [4.78, 5) is 12.0. The fraction of sp³-hybridized carbons (Fsp3) is 0.500. The lowest BCUT2D eigenvalue weighted by Crippen LogP contribution is -2.11. The first-order valence-electron chi connectivity index (χ1n) is 6.17. The number of rotatable bonds is 4. The van der Waals surface area contributed by atoms with Crippen LogP contribution in [-0.4, -0.2) is 18.9 Å². The SMILES string of the molecule is Cc1cc(F)ccc1C(=O)CCC1CCNC1. The molecule has 2 nitrogen and oxygen atoms in total. The number of halogens is 1. The Labute approximate surface area is 101 Å². The minimum atomic E-state index is -0.279. The van der Waals surface area contributed by atoms with E-state index in [1.807, 2.05) is 0 Å². The summed E-state index contributed by atoms with van der Waals surface area (Å²) in [6.07, 6.45) is 2.66. The van der Waals surface area contributed by atoms with Crippen molar-refractivity contribution in [2.45, 2.75) is 26.2 Å². The van der Waals surface area contributed by atoms with Gasteiger partial charge in [0, 0.05) is 12.0 Å². The highest BCUT2D eigenvalue weighted by Gasteiger charge is 2.17. The second-order valence-corrected chi connectivity index (χ2v) is 4.78. The monoisotopic (exact) mass is 235 g/mol. The van der Waals surface area contributed by atoms with Gasteiger partial charge in [0.05, 0.1) is 0 Å². The van der Waals surface area contributed by atoms with Gasteiger partial charge in [-0.2, -0.15) is 0 Å². The second-order valence-electron chi connectivity index (χ2n) is 4.78. The maximum absolute atomic E-state index is 12.9. The minimum Gasteiger partial charge on any atom is -0.316 e. The van der Waals surface area contributed by atoms with Gasteiger partial charge in [-0.3, -0.25) is 4.79 Å². The van der Waals surface area contributed by atoms with Crippen LogP contribution in [0, 0.1) is 18.7 Å². The maximum Gasteiger partial charge on any atom is 0.163 e. The fourth-order valence-electron chi connectivity index (χ4n) is 2.37. The lowest BCUT2D eigenvalue weighted by molar-refractivity contribution is 0.0974. The van der Waals surface area contributed by atoms with E-state index in [2.05, 4.69) is 5.32 Å². The summed E-state index contributed by atoms with van der Waals surface area (Å²) in [5, 5.41) is 3.29. The van der Waals surface area contributed by atoms with Crippen LogP contribution in [0.25, 0.3) is 0 Å². The maximum atomic E-state index is 12.9. The van der Waals surface area contributed by atoms with Crippen LogP contribution in [0.4, 0.5) is 4.39 Å². The lowest BCUT2D eigenvalue weighted by atomic mass is 9.96. The Morgan fingerprint density at radius 3 is 3.00 bits per heavy atom. The van der Waals surface area contributed by atoms with Gasteiger partial charge in [-0.05, 0) is 62.5 Å². The average molecular weight is 235 g/mol. The number of hydrogen-bond donors (Lipinski definition) is 1. The number of nitrogens with one attached hydrogen (secondary N) is 1. The number of ketones is 1. The van der Waals surface area contributed by atoms with Crippen LogP contribution in [0.5, 0.6) is 0 Å². The van der Waals surface area contributed by atoms with Gasteiger partial charge < -0.3 is 5.32 Å². The van der Waals surface area contributed by atoms with Crippen LogP contribution in [0.1, 0.15) is 35.2 Å². The fourth-order valence-corrected chi connectivity index (χ4v) is 2.37. The van der Waals surface area contributed by atoms with Crippen LogP contribution in [0.2, 0.25) is 0 Å². The van der Waals surface area contributed by atoms with Gasteiger partial charge in [-0.25, -0.2) is 4.39 Å². The Hall–Kier alpha value is -1.22. The second kappa shape index (κ2) is 5.41. The Morgan fingerprint density at radius 1 is 1.53 bits per heavy atom. The van der Waals surface area contributed by atoms with Crippen LogP contribution < -0.4 is 5.32 Å². The third-order valence-electron chi connectivity index (χ3n) is 3.43. The van der Waals surface area contributed by atoms with Crippen molar-refractivity contribution in [3.8, 4) is 0 Å². The van der Waals surface area contributed by atoms with Gasteiger partial charge in [0.2, 0.25) is 0 Å². The lowest BCUT2D eigenvalue weighted by Gasteiger charge is -2.08. The Kier molecular flexibility index (Phi) is 3.89. The van der Waals surface area contributed by atoms with Crippen molar-refractivity contribution in [2.75, 3.05) is 13.1 Å². The van der Waals surface area contributed by atoms with Crippen LogP contribution in [-0.2, 0) is 0 Å². The standard InChI is InChI=1S/C14H18FNO/c1-10-8-12(15)3-4-13(10)14(17)5-2-11-6-7-16-9-11/h3-4,8,11,16H,2,5-7,9H2,1H3. The number of Topliss-reactive ketones (excluding diaryl/α,β-unsaturated/α-hetero) is 1. The van der Waals surface area contributed by atoms with E-state index in [-0.39, 0.29) is 11.6 Å². The zero-order chi connectivity index (χ0) is 12.3. The van der Waals surface area contributed by atoms with Crippen molar-refractivity contribution >= 4 is 5.78 Å². The van der Waals surface area contributed by atoms with Gasteiger partial charge in [-0.15, -0.1) is 0 Å². The molecule has 1 aromatic carbocycles. The molecule has 17 heavy (non-hydrogen) atoms. The van der Waals surface area contributed by atoms with Crippen LogP contribution in [0.15, 0.2) is 18.2 Å². The summed E-state index contributed by atoms with van der Waals surface area (Å²) >= 11 is 0. The molecule has 1 N–H and O–H groups in total. The third kappa shape index (κ3) is 3.13. The van der Waals surface area contributed by atoms with E-state index in [0.29, 0.717) is 17.9 Å². The molecule has 0 saturated carbocycles. The van der Waals surface area contributed by atoms with Crippen molar-refractivity contribution in [2.24, 2.45) is 5.92 Å². The molecule has 1 unspecified atom stereocenters. The van der Waals surface area contributed by atoms with Gasteiger partial charge >= 0.3 is 0 Å². The van der Waals surface area contributed by atoms with E-state index in [1.54, 1.807) is 13.0 Å². The van der Waals surface area contributed by atoms with Crippen molar-refractivity contribution in [3.05, 3.63) is 35.1 Å². The molecule has 0 amide bonds. The van der Waals surface area contributed by atoms with Gasteiger partial charge in [-0.1, -0.05) is 0 Å². The summed E-state index contributed by atoms with van der Waals surface area (Å²) in [6, 6.07) is 4.38. The molecule has 1 aliphatic rings. The molecule has 2 rings (SSSR count). The van der Waals surface area contributed by atoms with E-state index in [4.69, 9.17) is 0 Å². The molecule has 1 heterocycles. The predicted octanol–water partition coefficient (Wildman–Crippen LogP) is 2.71. The summed E-state index contributed by atoms with van der Waals surface area (Å²) in [7, 11) is 0. The summed E-state index contributed by atoms with van der Waals surface area (Å²) in [5.74, 6) is 0.480. The zero-order valence-electron chi connectivity index (χ0n) is 10.1. The molecule has 3 heteroatoms. The van der Waals surface area contributed by atoms with E-state index in [0.717, 1.165) is 31.5 Å². The van der Waals surface area contributed by atoms with Crippen molar-refractivity contribution in [3.63, 3.8) is 0 Å². The largest absolute Gasteiger partial charge is 0.316 e.